The minimum Gasteiger partial charge on any atom is -0.379 e. The van der Waals surface area contributed by atoms with Crippen molar-refractivity contribution in [1.82, 2.24) is 10.6 Å². The first-order chi connectivity index (χ1) is 7.70. The van der Waals surface area contributed by atoms with Crippen molar-refractivity contribution in [3.8, 4) is 0 Å². The lowest BCUT2D eigenvalue weighted by Gasteiger charge is -2.27. The summed E-state index contributed by atoms with van der Waals surface area (Å²) >= 11 is 0. The largest absolute Gasteiger partial charge is 0.379 e. The fraction of sp³-hybridized carbons (Fsp3) is 0.900. The number of rotatable bonds is 6. The SMILES string of the molecule is COC(C1CCCN1)C(C)C(=O)NCPO. The number of carbonyl (C=O) groups excluding carboxylic acids is 1. The van der Waals surface area contributed by atoms with Crippen molar-refractivity contribution in [1.29, 1.82) is 0 Å². The van der Waals surface area contributed by atoms with Crippen LogP contribution in [-0.2, 0) is 9.53 Å². The van der Waals surface area contributed by atoms with Crippen LogP contribution < -0.4 is 10.6 Å². The molecule has 1 heterocycles. The van der Waals surface area contributed by atoms with Crippen molar-refractivity contribution in [2.45, 2.75) is 31.9 Å². The van der Waals surface area contributed by atoms with Crippen molar-refractivity contribution >= 4 is 14.7 Å². The summed E-state index contributed by atoms with van der Waals surface area (Å²) in [5.41, 5.74) is 0. The molecule has 5 nitrogen and oxygen atoms in total. The Bertz CT molecular complexity index is 222. The second-order valence-electron chi connectivity index (χ2n) is 4.07. The van der Waals surface area contributed by atoms with Crippen LogP contribution in [0.4, 0.5) is 0 Å². The number of hydrogen-bond acceptors (Lipinski definition) is 4. The Hall–Kier alpha value is -0.220. The first-order valence-electron chi connectivity index (χ1n) is 5.61. The molecule has 1 aliphatic rings. The van der Waals surface area contributed by atoms with Gasteiger partial charge in [-0.2, -0.15) is 0 Å². The zero-order valence-corrected chi connectivity index (χ0v) is 10.8. The van der Waals surface area contributed by atoms with E-state index < -0.39 is 0 Å². The quantitative estimate of drug-likeness (QED) is 0.581. The first kappa shape index (κ1) is 13.8. The Morgan fingerprint density at radius 1 is 1.75 bits per heavy atom. The number of ether oxygens (including phenoxy) is 1. The lowest BCUT2D eigenvalue weighted by atomic mass is 9.96. The van der Waals surface area contributed by atoms with E-state index in [9.17, 15) is 4.79 Å². The van der Waals surface area contributed by atoms with E-state index in [2.05, 4.69) is 10.6 Å². The minimum atomic E-state index is -0.243. The molecule has 1 fully saturated rings. The molecule has 3 N–H and O–H groups in total. The fourth-order valence-corrected chi connectivity index (χ4v) is 2.40. The smallest absolute Gasteiger partial charge is 0.225 e. The van der Waals surface area contributed by atoms with Gasteiger partial charge in [0.15, 0.2) is 0 Å². The maximum Gasteiger partial charge on any atom is 0.225 e. The molecular formula is C10H21N2O3P. The molecule has 4 unspecified atom stereocenters. The highest BCUT2D eigenvalue weighted by molar-refractivity contribution is 7.31. The van der Waals surface area contributed by atoms with Gasteiger partial charge in [0.25, 0.3) is 0 Å². The molecule has 1 saturated heterocycles. The summed E-state index contributed by atoms with van der Waals surface area (Å²) in [5.74, 6) is -0.251. The maximum absolute atomic E-state index is 11.7. The molecule has 1 rings (SSSR count). The molecule has 1 aliphatic heterocycles. The summed E-state index contributed by atoms with van der Waals surface area (Å²) in [6.07, 6.45) is 2.43. The van der Waals surface area contributed by atoms with Gasteiger partial charge in [-0.05, 0) is 19.4 Å². The van der Waals surface area contributed by atoms with Gasteiger partial charge in [-0.1, -0.05) is 6.92 Å². The zero-order chi connectivity index (χ0) is 12.0. The van der Waals surface area contributed by atoms with E-state index in [1.54, 1.807) is 7.11 Å². The average Bonchev–Trinajstić information content (AvgIpc) is 2.80. The van der Waals surface area contributed by atoms with Gasteiger partial charge in [-0.25, -0.2) is 0 Å². The summed E-state index contributed by atoms with van der Waals surface area (Å²) in [4.78, 5) is 20.4. The Morgan fingerprint density at radius 3 is 3.00 bits per heavy atom. The van der Waals surface area contributed by atoms with Crippen LogP contribution in [0, 0.1) is 5.92 Å². The maximum atomic E-state index is 11.7. The van der Waals surface area contributed by atoms with Crippen molar-refractivity contribution in [3.63, 3.8) is 0 Å². The zero-order valence-electron chi connectivity index (χ0n) is 9.82. The van der Waals surface area contributed by atoms with E-state index in [0.29, 0.717) is 6.29 Å². The van der Waals surface area contributed by atoms with Crippen LogP contribution >= 0.6 is 8.81 Å². The molecule has 94 valence electrons. The van der Waals surface area contributed by atoms with Crippen LogP contribution in [0.1, 0.15) is 19.8 Å². The number of nitrogens with one attached hydrogen (secondary N) is 2. The average molecular weight is 248 g/mol. The van der Waals surface area contributed by atoms with Crippen LogP contribution in [0.2, 0.25) is 0 Å². The molecule has 1 amide bonds. The van der Waals surface area contributed by atoms with Gasteiger partial charge in [-0.3, -0.25) is 4.79 Å². The summed E-state index contributed by atoms with van der Waals surface area (Å²) in [6.45, 7) is 2.86. The number of amides is 1. The second-order valence-corrected chi connectivity index (χ2v) is 4.74. The molecule has 0 radical (unpaired) electrons. The molecule has 0 aromatic carbocycles. The normalized spacial score (nSPS) is 24.8. The predicted molar refractivity (Wildman–Crippen MR) is 64.5 cm³/mol. The standard InChI is InChI=1S/C10H21N2O3P/c1-7(10(13)12-6-16-14)9(15-2)8-4-3-5-11-8/h7-9,11,14,16H,3-6H2,1-2H3,(H,12,13). The number of hydrogen-bond donors (Lipinski definition) is 3. The summed E-state index contributed by atoms with van der Waals surface area (Å²) < 4.78 is 5.41. The van der Waals surface area contributed by atoms with Gasteiger partial charge in [0.1, 0.15) is 0 Å². The molecule has 0 saturated carbocycles. The fourth-order valence-electron chi connectivity index (χ4n) is 2.15. The lowest BCUT2D eigenvalue weighted by Crippen LogP contribution is -2.46. The lowest BCUT2D eigenvalue weighted by molar-refractivity contribution is -0.129. The Balaban J connectivity index is 2.47. The van der Waals surface area contributed by atoms with Crippen LogP contribution in [-0.4, -0.2) is 42.9 Å². The van der Waals surface area contributed by atoms with Crippen LogP contribution in [0.3, 0.4) is 0 Å². The Labute approximate surface area is 98.2 Å². The third-order valence-electron chi connectivity index (χ3n) is 3.02. The van der Waals surface area contributed by atoms with E-state index in [0.717, 1.165) is 19.4 Å². The topological polar surface area (TPSA) is 70.6 Å². The molecule has 0 spiro atoms. The summed E-state index contributed by atoms with van der Waals surface area (Å²) in [7, 11) is 1.40. The third-order valence-corrected chi connectivity index (χ3v) is 3.35. The van der Waals surface area contributed by atoms with E-state index in [1.165, 1.54) is 0 Å². The van der Waals surface area contributed by atoms with Crippen LogP contribution in [0.15, 0.2) is 0 Å². The van der Waals surface area contributed by atoms with Crippen molar-refractivity contribution < 1.29 is 14.4 Å². The van der Waals surface area contributed by atoms with Crippen molar-refractivity contribution in [3.05, 3.63) is 0 Å². The monoisotopic (exact) mass is 248 g/mol. The van der Waals surface area contributed by atoms with Gasteiger partial charge in [-0.15, -0.1) is 0 Å². The van der Waals surface area contributed by atoms with E-state index in [-0.39, 0.29) is 32.8 Å². The third kappa shape index (κ3) is 3.67. The van der Waals surface area contributed by atoms with Crippen molar-refractivity contribution in [2.24, 2.45) is 5.92 Å². The predicted octanol–water partition coefficient (Wildman–Crippen LogP) is 0.0490. The second kappa shape index (κ2) is 7.17. The van der Waals surface area contributed by atoms with E-state index in [1.807, 2.05) is 6.92 Å². The Kier molecular flexibility index (Phi) is 6.21. The highest BCUT2D eigenvalue weighted by Crippen LogP contribution is 2.19. The van der Waals surface area contributed by atoms with Crippen LogP contribution in [0.25, 0.3) is 0 Å². The van der Waals surface area contributed by atoms with Gasteiger partial charge in [0.2, 0.25) is 5.91 Å². The molecule has 0 aromatic heterocycles. The molecular weight excluding hydrogens is 227 g/mol. The van der Waals surface area contributed by atoms with Gasteiger partial charge in [0, 0.05) is 22.0 Å². The van der Waals surface area contributed by atoms with Crippen molar-refractivity contribution in [2.75, 3.05) is 19.9 Å². The summed E-state index contributed by atoms with van der Waals surface area (Å²) in [6, 6.07) is 0.266. The number of carbonyl (C=O) groups is 1. The number of methoxy groups -OCH3 is 1. The molecule has 4 atom stereocenters. The molecule has 6 heteroatoms. The highest BCUT2D eigenvalue weighted by Gasteiger charge is 2.32. The van der Waals surface area contributed by atoms with Gasteiger partial charge < -0.3 is 20.3 Å². The van der Waals surface area contributed by atoms with E-state index >= 15 is 0 Å². The molecule has 0 aromatic rings. The van der Waals surface area contributed by atoms with Crippen LogP contribution in [0.5, 0.6) is 0 Å². The van der Waals surface area contributed by atoms with Gasteiger partial charge in [0.05, 0.1) is 18.3 Å². The van der Waals surface area contributed by atoms with E-state index in [4.69, 9.17) is 9.63 Å². The minimum absolute atomic E-state index is 0.0536. The van der Waals surface area contributed by atoms with Gasteiger partial charge >= 0.3 is 0 Å². The molecule has 16 heavy (non-hydrogen) atoms. The molecule has 0 aliphatic carbocycles. The highest BCUT2D eigenvalue weighted by atomic mass is 31.1. The first-order valence-corrected chi connectivity index (χ1v) is 6.77. The Morgan fingerprint density at radius 2 is 2.50 bits per heavy atom. The summed E-state index contributed by atoms with van der Waals surface area (Å²) in [5, 5.41) is 6.03. The molecule has 0 bridgehead atoms.